The molecular weight excluding hydrogens is 437 g/mol. The largest absolute Gasteiger partial charge is 0.354 e. The molecule has 1 unspecified atom stereocenters. The second-order valence-electron chi connectivity index (χ2n) is 5.60. The lowest BCUT2D eigenvalue weighted by atomic mass is 10.1. The molecule has 24 heavy (non-hydrogen) atoms. The summed E-state index contributed by atoms with van der Waals surface area (Å²) in [5.74, 6) is 0.772. The fraction of sp³-hybridized carbons (Fsp3) is 0.533. The summed E-state index contributed by atoms with van der Waals surface area (Å²) < 4.78 is 1.82. The molecule has 0 radical (unpaired) electrons. The third-order valence-corrected chi connectivity index (χ3v) is 4.41. The highest BCUT2D eigenvalue weighted by molar-refractivity contribution is 14.0. The zero-order chi connectivity index (χ0) is 16.8. The Kier molecular flexibility index (Phi) is 8.63. The number of aliphatic imine (C=N–C) groups is 1. The number of nitrogens with one attached hydrogen (secondary N) is 2. The van der Waals surface area contributed by atoms with Gasteiger partial charge < -0.3 is 15.5 Å². The van der Waals surface area contributed by atoms with Gasteiger partial charge in [-0.3, -0.25) is 9.67 Å². The molecule has 2 rings (SSSR count). The summed E-state index contributed by atoms with van der Waals surface area (Å²) in [7, 11) is 7.83. The number of rotatable bonds is 6. The predicted octanol–water partition coefficient (Wildman–Crippen LogP) is 1.77. The summed E-state index contributed by atoms with van der Waals surface area (Å²) >= 11 is 1.69. The summed E-state index contributed by atoms with van der Waals surface area (Å²) in [4.78, 5) is 12.0. The molecule has 0 spiro atoms. The van der Waals surface area contributed by atoms with E-state index in [9.17, 15) is 0 Å². The highest BCUT2D eigenvalue weighted by Gasteiger charge is 2.16. The van der Waals surface area contributed by atoms with Gasteiger partial charge in [-0.2, -0.15) is 5.10 Å². The van der Waals surface area contributed by atoms with Gasteiger partial charge in [0.1, 0.15) is 5.01 Å². The first kappa shape index (κ1) is 20.8. The molecule has 134 valence electrons. The van der Waals surface area contributed by atoms with Crippen LogP contribution in [0.3, 0.4) is 0 Å². The molecule has 2 N–H and O–H groups in total. The van der Waals surface area contributed by atoms with Crippen molar-refractivity contribution in [2.45, 2.75) is 19.5 Å². The van der Waals surface area contributed by atoms with Crippen molar-refractivity contribution in [3.05, 3.63) is 34.0 Å². The molecule has 0 amide bonds. The molecule has 2 aromatic rings. The van der Waals surface area contributed by atoms with Crippen LogP contribution >= 0.6 is 35.3 Å². The van der Waals surface area contributed by atoms with Crippen LogP contribution in [0.2, 0.25) is 0 Å². The highest BCUT2D eigenvalue weighted by atomic mass is 127. The van der Waals surface area contributed by atoms with Crippen LogP contribution in [0.1, 0.15) is 21.5 Å². The van der Waals surface area contributed by atoms with Gasteiger partial charge in [0.15, 0.2) is 5.96 Å². The lowest BCUT2D eigenvalue weighted by Gasteiger charge is -2.24. The van der Waals surface area contributed by atoms with Crippen LogP contribution < -0.4 is 10.6 Å². The molecule has 0 aliphatic rings. The minimum atomic E-state index is 0. The summed E-state index contributed by atoms with van der Waals surface area (Å²) in [6.07, 6.45) is 5.84. The Bertz CT molecular complexity index is 650. The molecule has 0 bridgehead atoms. The first-order chi connectivity index (χ1) is 11.0. The average Bonchev–Trinajstić information content (AvgIpc) is 3.11. The average molecular weight is 463 g/mol. The van der Waals surface area contributed by atoms with E-state index in [1.807, 2.05) is 30.3 Å². The van der Waals surface area contributed by atoms with E-state index in [2.05, 4.69) is 51.6 Å². The van der Waals surface area contributed by atoms with Crippen LogP contribution in [-0.2, 0) is 13.6 Å². The summed E-state index contributed by atoms with van der Waals surface area (Å²) in [6.45, 7) is 3.48. The van der Waals surface area contributed by atoms with Crippen LogP contribution in [0.4, 0.5) is 0 Å². The molecule has 1 atom stereocenters. The smallest absolute Gasteiger partial charge is 0.191 e. The fourth-order valence-electron chi connectivity index (χ4n) is 2.27. The highest BCUT2D eigenvalue weighted by Crippen LogP contribution is 2.16. The third kappa shape index (κ3) is 6.02. The van der Waals surface area contributed by atoms with Crippen LogP contribution in [0, 0.1) is 6.92 Å². The third-order valence-electron chi connectivity index (χ3n) is 3.50. The van der Waals surface area contributed by atoms with Gasteiger partial charge >= 0.3 is 0 Å². The normalized spacial score (nSPS) is 12.8. The monoisotopic (exact) mass is 463 g/mol. The summed E-state index contributed by atoms with van der Waals surface area (Å²) in [6, 6.07) is 0.226. The molecule has 2 heterocycles. The van der Waals surface area contributed by atoms with E-state index < -0.39 is 0 Å². The van der Waals surface area contributed by atoms with E-state index in [0.29, 0.717) is 6.54 Å². The first-order valence-corrected chi connectivity index (χ1v) is 8.32. The van der Waals surface area contributed by atoms with Crippen molar-refractivity contribution in [1.82, 2.24) is 30.3 Å². The van der Waals surface area contributed by atoms with Gasteiger partial charge in [0.05, 0.1) is 18.8 Å². The Hall–Kier alpha value is -1.20. The van der Waals surface area contributed by atoms with Gasteiger partial charge in [-0.15, -0.1) is 35.3 Å². The van der Waals surface area contributed by atoms with Crippen molar-refractivity contribution in [3.63, 3.8) is 0 Å². The molecular formula is C15H26IN7S. The lowest BCUT2D eigenvalue weighted by molar-refractivity contribution is 0.298. The minimum Gasteiger partial charge on any atom is -0.354 e. The van der Waals surface area contributed by atoms with E-state index >= 15 is 0 Å². The molecule has 0 aliphatic carbocycles. The predicted molar refractivity (Wildman–Crippen MR) is 110 cm³/mol. The van der Waals surface area contributed by atoms with Crippen molar-refractivity contribution in [2.75, 3.05) is 27.7 Å². The minimum absolute atomic E-state index is 0. The number of halogens is 1. The quantitative estimate of drug-likeness (QED) is 0.388. The zero-order valence-corrected chi connectivity index (χ0v) is 17.9. The number of thiazole rings is 1. The molecule has 0 fully saturated rings. The van der Waals surface area contributed by atoms with Crippen LogP contribution in [-0.4, -0.2) is 53.3 Å². The summed E-state index contributed by atoms with van der Waals surface area (Å²) in [5, 5.41) is 12.0. The van der Waals surface area contributed by atoms with Crippen molar-refractivity contribution in [1.29, 1.82) is 0 Å². The van der Waals surface area contributed by atoms with Crippen molar-refractivity contribution >= 4 is 41.3 Å². The number of nitrogens with zero attached hydrogens (tertiary/aromatic N) is 5. The van der Waals surface area contributed by atoms with E-state index in [0.717, 1.165) is 17.5 Å². The van der Waals surface area contributed by atoms with Crippen LogP contribution in [0.25, 0.3) is 0 Å². The molecule has 0 aliphatic heterocycles. The number of likely N-dealkylation sites (N-methyl/N-ethyl adjacent to an activating group) is 1. The number of aryl methyl sites for hydroxylation is 2. The molecule has 0 saturated carbocycles. The van der Waals surface area contributed by atoms with Crippen molar-refractivity contribution < 1.29 is 0 Å². The molecule has 7 nitrogen and oxygen atoms in total. The summed E-state index contributed by atoms with van der Waals surface area (Å²) in [5.41, 5.74) is 1.18. The molecule has 2 aromatic heterocycles. The number of hydrogen-bond donors (Lipinski definition) is 2. The number of hydrogen-bond acceptors (Lipinski definition) is 5. The fourth-order valence-corrected chi connectivity index (χ4v) is 2.99. The van der Waals surface area contributed by atoms with E-state index in [-0.39, 0.29) is 30.0 Å². The maximum Gasteiger partial charge on any atom is 0.191 e. The van der Waals surface area contributed by atoms with Gasteiger partial charge in [0.25, 0.3) is 0 Å². The van der Waals surface area contributed by atoms with E-state index in [1.54, 1.807) is 18.4 Å². The Labute approximate surface area is 164 Å². The number of aromatic nitrogens is 3. The SMILES string of the molecule is CN=C(NCc1ncc(C)s1)NCC(c1cnn(C)c1)N(C)C.I. The number of guanidine groups is 1. The maximum atomic E-state index is 4.35. The van der Waals surface area contributed by atoms with Gasteiger partial charge in [0, 0.05) is 43.5 Å². The van der Waals surface area contributed by atoms with Gasteiger partial charge in [-0.1, -0.05) is 0 Å². The Morgan fingerprint density at radius 3 is 2.62 bits per heavy atom. The van der Waals surface area contributed by atoms with Gasteiger partial charge in [-0.05, 0) is 21.0 Å². The lowest BCUT2D eigenvalue weighted by Crippen LogP contribution is -2.41. The first-order valence-electron chi connectivity index (χ1n) is 7.50. The van der Waals surface area contributed by atoms with Gasteiger partial charge in [0.2, 0.25) is 0 Å². The second-order valence-corrected chi connectivity index (χ2v) is 6.92. The Morgan fingerprint density at radius 2 is 2.12 bits per heavy atom. The van der Waals surface area contributed by atoms with Crippen LogP contribution in [0.15, 0.2) is 23.6 Å². The Balaban J connectivity index is 0.00000288. The zero-order valence-electron chi connectivity index (χ0n) is 14.8. The maximum absolute atomic E-state index is 4.35. The topological polar surface area (TPSA) is 70.4 Å². The van der Waals surface area contributed by atoms with Crippen molar-refractivity contribution in [3.8, 4) is 0 Å². The molecule has 9 heteroatoms. The molecule has 0 aromatic carbocycles. The standard InChI is InChI=1S/C15H25N7S.HI/c1-11-6-17-14(23-11)9-19-15(16-2)18-8-13(21(3)4)12-7-20-22(5)10-12;/h6-7,10,13H,8-9H2,1-5H3,(H2,16,18,19);1H. The van der Waals surface area contributed by atoms with Crippen molar-refractivity contribution in [2.24, 2.45) is 12.0 Å². The van der Waals surface area contributed by atoms with E-state index in [4.69, 9.17) is 0 Å². The Morgan fingerprint density at radius 1 is 1.38 bits per heavy atom. The molecule has 0 saturated heterocycles. The second kappa shape index (κ2) is 9.94. The van der Waals surface area contributed by atoms with E-state index in [1.165, 1.54) is 10.4 Å². The van der Waals surface area contributed by atoms with Crippen LogP contribution in [0.5, 0.6) is 0 Å². The van der Waals surface area contributed by atoms with Gasteiger partial charge in [-0.25, -0.2) is 4.98 Å².